The quantitative estimate of drug-likeness (QED) is 0.245. The van der Waals surface area contributed by atoms with Gasteiger partial charge in [0.15, 0.2) is 5.82 Å². The average Bonchev–Trinajstić information content (AvgIpc) is 3.01. The molecule has 12 heteroatoms. The van der Waals surface area contributed by atoms with Crippen LogP contribution in [-0.2, 0) is 25.5 Å². The Hall–Kier alpha value is -4.25. The highest BCUT2D eigenvalue weighted by Crippen LogP contribution is 2.40. The molecule has 0 radical (unpaired) electrons. The monoisotopic (exact) mass is 627 g/mol. The predicted octanol–water partition coefficient (Wildman–Crippen LogP) is 6.79. The molecule has 1 N–H and O–H groups in total. The van der Waals surface area contributed by atoms with Crippen LogP contribution in [-0.4, -0.2) is 48.6 Å². The summed E-state index contributed by atoms with van der Waals surface area (Å²) in [5.74, 6) is -2.47. The van der Waals surface area contributed by atoms with Crippen LogP contribution in [0, 0.1) is 17.6 Å². The number of fused-ring (bicyclic) bond motifs is 4. The van der Waals surface area contributed by atoms with E-state index in [9.17, 15) is 23.2 Å². The largest absolute Gasteiger partial charge is 0.481 e. The molecule has 2 bridgehead atoms. The maximum Gasteiger partial charge on any atom is 0.410 e. The fourth-order valence-electron chi connectivity index (χ4n) is 5.64. The molecule has 9 nitrogen and oxygen atoms in total. The molecule has 2 aliphatic rings. The van der Waals surface area contributed by atoms with E-state index in [-0.39, 0.29) is 47.7 Å². The zero-order valence-electron chi connectivity index (χ0n) is 24.5. The number of esters is 1. The molecule has 0 saturated carbocycles. The van der Waals surface area contributed by atoms with Crippen molar-refractivity contribution in [3.8, 4) is 17.0 Å². The van der Waals surface area contributed by atoms with E-state index in [4.69, 9.17) is 25.8 Å². The number of benzene rings is 2. The molecule has 1 fully saturated rings. The van der Waals surface area contributed by atoms with E-state index in [1.807, 2.05) is 13.0 Å². The first-order valence-corrected chi connectivity index (χ1v) is 14.6. The number of carbonyl (C=O) groups is 3. The van der Waals surface area contributed by atoms with Gasteiger partial charge in [0.1, 0.15) is 11.9 Å². The van der Waals surface area contributed by atoms with Crippen LogP contribution in [0.4, 0.5) is 19.3 Å². The van der Waals surface area contributed by atoms with E-state index in [1.54, 1.807) is 24.3 Å². The zero-order chi connectivity index (χ0) is 31.5. The number of aromatic nitrogens is 1. The van der Waals surface area contributed by atoms with Crippen molar-refractivity contribution in [2.24, 2.45) is 5.92 Å². The number of amides is 2. The van der Waals surface area contributed by atoms with Crippen LogP contribution in [0.5, 0.6) is 5.88 Å². The number of nitrogens with zero attached hydrogens (tertiary/aromatic N) is 2. The molecule has 232 valence electrons. The number of rotatable bonds is 5. The highest BCUT2D eigenvalue weighted by molar-refractivity contribution is 6.30. The third-order valence-corrected chi connectivity index (χ3v) is 8.34. The average molecular weight is 628 g/mol. The lowest BCUT2D eigenvalue weighted by molar-refractivity contribution is -0.139. The predicted molar refractivity (Wildman–Crippen MR) is 158 cm³/mol. The minimum absolute atomic E-state index is 0.0310. The van der Waals surface area contributed by atoms with Crippen LogP contribution < -0.4 is 10.1 Å². The third kappa shape index (κ3) is 6.47. The Morgan fingerprint density at radius 2 is 1.91 bits per heavy atom. The molecule has 3 atom stereocenters. The lowest BCUT2D eigenvalue weighted by Gasteiger charge is -2.37. The Balaban J connectivity index is 1.54. The van der Waals surface area contributed by atoms with Gasteiger partial charge in [-0.25, -0.2) is 18.6 Å². The summed E-state index contributed by atoms with van der Waals surface area (Å²) in [4.78, 5) is 44.8. The SMILES string of the molecule is COC(=O)Cc1ccc2c(c1)NC(=O)[C@H](C)CCC[C@H](N1CC[C@@H](c3c(F)ccc(Cl)c3F)OC1=O)c1cc-2cc(OC)n1. The number of nitrogens with one attached hydrogen (secondary N) is 1. The fraction of sp³-hybridized carbons (Fsp3) is 0.375. The fourth-order valence-corrected chi connectivity index (χ4v) is 5.80. The minimum atomic E-state index is -1.15. The van der Waals surface area contributed by atoms with Crippen LogP contribution in [0.25, 0.3) is 11.1 Å². The summed E-state index contributed by atoms with van der Waals surface area (Å²) >= 11 is 5.88. The summed E-state index contributed by atoms with van der Waals surface area (Å²) in [5, 5.41) is 2.75. The molecule has 1 aromatic heterocycles. The first kappa shape index (κ1) is 31.2. The molecule has 0 spiro atoms. The number of hydrogen-bond donors (Lipinski definition) is 1. The van der Waals surface area contributed by atoms with E-state index >= 15 is 0 Å². The van der Waals surface area contributed by atoms with Crippen LogP contribution in [0.2, 0.25) is 5.02 Å². The summed E-state index contributed by atoms with van der Waals surface area (Å²) < 4.78 is 45.3. The van der Waals surface area contributed by atoms with Gasteiger partial charge in [0.2, 0.25) is 11.8 Å². The van der Waals surface area contributed by atoms with Crippen molar-refractivity contribution in [1.82, 2.24) is 9.88 Å². The standard InChI is InChI=1S/C32H32ClF2N3O6/c1-17-5-4-6-25(38-12-11-26(44-32(38)41)29-22(34)10-9-21(33)30(29)35)24-15-19(16-27(36-24)42-2)20-8-7-18(14-28(39)43-3)13-23(20)37-31(17)40/h7-10,13,15-17,25-26H,4-6,11-12,14H2,1-3H3,(H,37,40)/t17-,25+,26+/m1/s1. The van der Waals surface area contributed by atoms with Crippen LogP contribution >= 0.6 is 11.6 Å². The van der Waals surface area contributed by atoms with Gasteiger partial charge in [0, 0.05) is 36.2 Å². The number of pyridine rings is 1. The van der Waals surface area contributed by atoms with Gasteiger partial charge in [0.05, 0.1) is 43.0 Å². The molecule has 0 unspecified atom stereocenters. The summed E-state index contributed by atoms with van der Waals surface area (Å²) in [6.45, 7) is 1.96. The topological polar surface area (TPSA) is 107 Å². The summed E-state index contributed by atoms with van der Waals surface area (Å²) in [5.41, 5.74) is 2.64. The van der Waals surface area contributed by atoms with E-state index in [0.717, 1.165) is 12.1 Å². The van der Waals surface area contributed by atoms with Crippen molar-refractivity contribution in [1.29, 1.82) is 0 Å². The maximum absolute atomic E-state index is 14.7. The molecule has 2 aliphatic heterocycles. The Bertz CT molecular complexity index is 1600. The Kier molecular flexibility index (Phi) is 9.33. The summed E-state index contributed by atoms with van der Waals surface area (Å²) in [6.07, 6.45) is -0.216. The van der Waals surface area contributed by atoms with E-state index in [1.165, 1.54) is 19.1 Å². The number of ether oxygens (including phenoxy) is 3. The number of methoxy groups -OCH3 is 2. The van der Waals surface area contributed by atoms with Gasteiger partial charge in [-0.05, 0) is 48.2 Å². The lowest BCUT2D eigenvalue weighted by atomic mass is 9.93. The lowest BCUT2D eigenvalue weighted by Crippen LogP contribution is -2.42. The zero-order valence-corrected chi connectivity index (χ0v) is 25.2. The van der Waals surface area contributed by atoms with E-state index in [0.29, 0.717) is 47.3 Å². The highest BCUT2D eigenvalue weighted by atomic mass is 35.5. The molecular weight excluding hydrogens is 596 g/mol. The molecular formula is C32H32ClF2N3O6. The van der Waals surface area contributed by atoms with E-state index < -0.39 is 35.8 Å². The van der Waals surface area contributed by atoms with Crippen LogP contribution in [0.3, 0.4) is 0 Å². The second-order valence-electron chi connectivity index (χ2n) is 10.9. The molecule has 3 aromatic rings. The molecule has 2 aromatic carbocycles. The summed E-state index contributed by atoms with van der Waals surface area (Å²) in [7, 11) is 2.79. The molecule has 5 rings (SSSR count). The number of hydrogen-bond acceptors (Lipinski definition) is 7. The van der Waals surface area contributed by atoms with Crippen molar-refractivity contribution in [2.75, 3.05) is 26.1 Å². The minimum Gasteiger partial charge on any atom is -0.481 e. The van der Waals surface area contributed by atoms with Gasteiger partial charge in [-0.3, -0.25) is 14.5 Å². The van der Waals surface area contributed by atoms with Gasteiger partial charge in [0.25, 0.3) is 0 Å². The van der Waals surface area contributed by atoms with Crippen molar-refractivity contribution < 1.29 is 37.4 Å². The second-order valence-corrected chi connectivity index (χ2v) is 11.3. The highest BCUT2D eigenvalue weighted by Gasteiger charge is 2.37. The second kappa shape index (κ2) is 13.2. The van der Waals surface area contributed by atoms with Crippen molar-refractivity contribution >= 4 is 35.3 Å². The van der Waals surface area contributed by atoms with Crippen molar-refractivity contribution in [3.05, 3.63) is 75.9 Å². The smallest absolute Gasteiger partial charge is 0.410 e. The Labute approximate surface area is 258 Å². The third-order valence-electron chi connectivity index (χ3n) is 8.05. The number of carbonyl (C=O) groups excluding carboxylic acids is 3. The molecule has 44 heavy (non-hydrogen) atoms. The Morgan fingerprint density at radius 3 is 2.64 bits per heavy atom. The summed E-state index contributed by atoms with van der Waals surface area (Å²) in [6, 6.07) is 10.4. The van der Waals surface area contributed by atoms with Gasteiger partial charge in [-0.1, -0.05) is 37.1 Å². The first-order chi connectivity index (χ1) is 21.1. The van der Waals surface area contributed by atoms with Gasteiger partial charge in [-0.2, -0.15) is 0 Å². The molecule has 1 saturated heterocycles. The number of halogens is 3. The van der Waals surface area contributed by atoms with Crippen molar-refractivity contribution in [2.45, 2.75) is 51.2 Å². The first-order valence-electron chi connectivity index (χ1n) is 14.3. The van der Waals surface area contributed by atoms with E-state index in [2.05, 4.69) is 10.3 Å². The molecule has 3 heterocycles. The van der Waals surface area contributed by atoms with Crippen molar-refractivity contribution in [3.63, 3.8) is 0 Å². The van der Waals surface area contributed by atoms with Crippen LogP contribution in [0.15, 0.2) is 42.5 Å². The Morgan fingerprint density at radius 1 is 1.11 bits per heavy atom. The number of cyclic esters (lactones) is 1. The molecule has 0 aliphatic carbocycles. The van der Waals surface area contributed by atoms with Gasteiger partial charge in [-0.15, -0.1) is 0 Å². The van der Waals surface area contributed by atoms with Gasteiger partial charge < -0.3 is 19.5 Å². The maximum atomic E-state index is 14.7. The number of anilines is 1. The normalized spacial score (nSPS) is 20.4. The van der Waals surface area contributed by atoms with Crippen LogP contribution in [0.1, 0.15) is 61.6 Å². The van der Waals surface area contributed by atoms with Gasteiger partial charge >= 0.3 is 12.1 Å². The molecule has 2 amide bonds.